The molecule has 1 unspecified atom stereocenters. The van der Waals surface area contributed by atoms with Crippen LogP contribution in [0.2, 0.25) is 0 Å². The van der Waals surface area contributed by atoms with E-state index >= 15 is 0 Å². The zero-order valence-corrected chi connectivity index (χ0v) is 11.0. The minimum Gasteiger partial charge on any atom is -0.378 e. The van der Waals surface area contributed by atoms with Crippen molar-refractivity contribution in [3.8, 4) is 0 Å². The molecule has 0 radical (unpaired) electrons. The Morgan fingerprint density at radius 2 is 2.39 bits per heavy atom. The first-order valence-corrected chi connectivity index (χ1v) is 6.41. The van der Waals surface area contributed by atoms with Gasteiger partial charge in [0.05, 0.1) is 13.2 Å². The molecule has 1 saturated heterocycles. The van der Waals surface area contributed by atoms with Crippen molar-refractivity contribution in [2.75, 3.05) is 31.2 Å². The van der Waals surface area contributed by atoms with Crippen LogP contribution in [-0.4, -0.2) is 38.3 Å². The van der Waals surface area contributed by atoms with Crippen molar-refractivity contribution in [2.24, 2.45) is 0 Å². The number of amides is 1. The Morgan fingerprint density at radius 3 is 3.00 bits per heavy atom. The van der Waals surface area contributed by atoms with Gasteiger partial charge in [-0.3, -0.25) is 4.79 Å². The molecule has 0 aromatic heterocycles. The fourth-order valence-electron chi connectivity index (χ4n) is 2.17. The normalized spacial score (nSPS) is 19.6. The maximum Gasteiger partial charge on any atom is 0.246 e. The van der Waals surface area contributed by atoms with Crippen molar-refractivity contribution in [1.29, 1.82) is 0 Å². The lowest BCUT2D eigenvalue weighted by atomic mass is 10.1. The molecule has 1 amide bonds. The predicted molar refractivity (Wildman–Crippen MR) is 71.8 cm³/mol. The molecule has 1 aliphatic rings. The van der Waals surface area contributed by atoms with Gasteiger partial charge in [0.2, 0.25) is 5.91 Å². The maximum atomic E-state index is 12.4. The second-order valence-electron chi connectivity index (χ2n) is 4.50. The summed E-state index contributed by atoms with van der Waals surface area (Å²) in [6.45, 7) is 6.57. The number of carbonyl (C=O) groups excluding carboxylic acids is 1. The summed E-state index contributed by atoms with van der Waals surface area (Å²) in [5.74, 6) is 0.0859. The van der Waals surface area contributed by atoms with Gasteiger partial charge in [-0.1, -0.05) is 12.1 Å². The van der Waals surface area contributed by atoms with Crippen LogP contribution in [0.3, 0.4) is 0 Å². The van der Waals surface area contributed by atoms with Crippen molar-refractivity contribution in [1.82, 2.24) is 5.32 Å². The molecule has 4 nitrogen and oxygen atoms in total. The fourth-order valence-corrected chi connectivity index (χ4v) is 2.17. The van der Waals surface area contributed by atoms with Crippen molar-refractivity contribution < 1.29 is 9.53 Å². The van der Waals surface area contributed by atoms with Crippen molar-refractivity contribution in [3.05, 3.63) is 29.8 Å². The lowest BCUT2D eigenvalue weighted by Crippen LogP contribution is -2.52. The molecule has 98 valence electrons. The van der Waals surface area contributed by atoms with Gasteiger partial charge in [-0.15, -0.1) is 0 Å². The number of likely N-dealkylation sites (N-methyl/N-ethyl adjacent to an activating group) is 1. The third kappa shape index (κ3) is 2.89. The number of aryl methyl sites for hydroxylation is 1. The van der Waals surface area contributed by atoms with Crippen molar-refractivity contribution in [2.45, 2.75) is 19.9 Å². The molecule has 0 spiro atoms. The van der Waals surface area contributed by atoms with Crippen LogP contribution in [0, 0.1) is 6.92 Å². The highest BCUT2D eigenvalue weighted by Gasteiger charge is 2.26. The average molecular weight is 248 g/mol. The van der Waals surface area contributed by atoms with Crippen LogP contribution in [0.5, 0.6) is 0 Å². The molecule has 1 aliphatic heterocycles. The van der Waals surface area contributed by atoms with Gasteiger partial charge in [-0.05, 0) is 31.5 Å². The number of hydrogen-bond donors (Lipinski definition) is 1. The van der Waals surface area contributed by atoms with E-state index in [2.05, 4.69) is 5.32 Å². The SMILES string of the molecule is CCN(C(=O)C1COCCN1)c1cccc(C)c1. The summed E-state index contributed by atoms with van der Waals surface area (Å²) in [5.41, 5.74) is 2.11. The van der Waals surface area contributed by atoms with Gasteiger partial charge in [0.15, 0.2) is 0 Å². The number of morpholine rings is 1. The zero-order chi connectivity index (χ0) is 13.0. The van der Waals surface area contributed by atoms with Crippen molar-refractivity contribution in [3.63, 3.8) is 0 Å². The van der Waals surface area contributed by atoms with Crippen LogP contribution in [0.4, 0.5) is 5.69 Å². The Bertz CT molecular complexity index is 414. The number of nitrogens with one attached hydrogen (secondary N) is 1. The molecule has 1 fully saturated rings. The summed E-state index contributed by atoms with van der Waals surface area (Å²) in [6.07, 6.45) is 0. The van der Waals surface area contributed by atoms with Crippen LogP contribution < -0.4 is 10.2 Å². The van der Waals surface area contributed by atoms with E-state index in [1.165, 1.54) is 0 Å². The molecular formula is C14H20N2O2. The van der Waals surface area contributed by atoms with Crippen LogP contribution in [-0.2, 0) is 9.53 Å². The summed E-state index contributed by atoms with van der Waals surface area (Å²) in [4.78, 5) is 14.2. The number of rotatable bonds is 3. The largest absolute Gasteiger partial charge is 0.378 e. The van der Waals surface area contributed by atoms with Gasteiger partial charge in [-0.2, -0.15) is 0 Å². The standard InChI is InChI=1S/C14H20N2O2/c1-3-16(12-6-4-5-11(2)9-12)14(17)13-10-18-8-7-15-13/h4-6,9,13,15H,3,7-8,10H2,1-2H3. The molecular weight excluding hydrogens is 228 g/mol. The summed E-state index contributed by atoms with van der Waals surface area (Å²) >= 11 is 0. The lowest BCUT2D eigenvalue weighted by molar-refractivity contribution is -0.123. The Labute approximate surface area is 108 Å². The van der Waals surface area contributed by atoms with Gasteiger partial charge in [0.1, 0.15) is 6.04 Å². The fraction of sp³-hybridized carbons (Fsp3) is 0.500. The van der Waals surface area contributed by atoms with Crippen LogP contribution in [0.1, 0.15) is 12.5 Å². The molecule has 4 heteroatoms. The van der Waals surface area contributed by atoms with Gasteiger partial charge in [-0.25, -0.2) is 0 Å². The van der Waals surface area contributed by atoms with E-state index in [4.69, 9.17) is 4.74 Å². The number of benzene rings is 1. The smallest absolute Gasteiger partial charge is 0.246 e. The molecule has 0 aliphatic carbocycles. The molecule has 1 atom stereocenters. The third-order valence-electron chi connectivity index (χ3n) is 3.12. The summed E-state index contributed by atoms with van der Waals surface area (Å²) in [5, 5.41) is 3.20. The first kappa shape index (κ1) is 13.1. The van der Waals surface area contributed by atoms with Gasteiger partial charge < -0.3 is 15.0 Å². The highest BCUT2D eigenvalue weighted by Crippen LogP contribution is 2.17. The maximum absolute atomic E-state index is 12.4. The summed E-state index contributed by atoms with van der Waals surface area (Å²) < 4.78 is 5.35. The summed E-state index contributed by atoms with van der Waals surface area (Å²) in [7, 11) is 0. The molecule has 1 N–H and O–H groups in total. The van der Waals surface area contributed by atoms with Gasteiger partial charge >= 0.3 is 0 Å². The van der Waals surface area contributed by atoms with Crippen molar-refractivity contribution >= 4 is 11.6 Å². The van der Waals surface area contributed by atoms with Gasteiger partial charge in [0, 0.05) is 18.8 Å². The number of nitrogens with zero attached hydrogens (tertiary/aromatic N) is 1. The minimum atomic E-state index is -0.223. The third-order valence-corrected chi connectivity index (χ3v) is 3.12. The van der Waals surface area contributed by atoms with Crippen LogP contribution in [0.15, 0.2) is 24.3 Å². The average Bonchev–Trinajstić information content (AvgIpc) is 2.40. The molecule has 0 bridgehead atoms. The zero-order valence-electron chi connectivity index (χ0n) is 11.0. The topological polar surface area (TPSA) is 41.6 Å². The van der Waals surface area contributed by atoms with E-state index in [0.29, 0.717) is 19.8 Å². The Kier molecular flexibility index (Phi) is 4.33. The first-order valence-electron chi connectivity index (χ1n) is 6.41. The minimum absolute atomic E-state index is 0.0859. The molecule has 1 aromatic rings. The lowest BCUT2D eigenvalue weighted by Gasteiger charge is -2.29. The Morgan fingerprint density at radius 1 is 1.56 bits per heavy atom. The monoisotopic (exact) mass is 248 g/mol. The Balaban J connectivity index is 2.14. The first-order chi connectivity index (χ1) is 8.72. The molecule has 2 rings (SSSR count). The predicted octanol–water partition coefficient (Wildman–Crippen LogP) is 1.34. The Hall–Kier alpha value is -1.39. The van der Waals surface area contributed by atoms with E-state index in [1.807, 2.05) is 38.1 Å². The molecule has 18 heavy (non-hydrogen) atoms. The molecule has 1 heterocycles. The highest BCUT2D eigenvalue weighted by molar-refractivity contribution is 5.97. The van der Waals surface area contributed by atoms with Crippen LogP contribution >= 0.6 is 0 Å². The molecule has 0 saturated carbocycles. The second-order valence-corrected chi connectivity index (χ2v) is 4.50. The number of hydrogen-bond acceptors (Lipinski definition) is 3. The highest BCUT2D eigenvalue weighted by atomic mass is 16.5. The van der Waals surface area contributed by atoms with E-state index in [1.54, 1.807) is 4.90 Å². The number of anilines is 1. The molecule has 1 aromatic carbocycles. The number of ether oxygens (including phenoxy) is 1. The van der Waals surface area contributed by atoms with E-state index in [0.717, 1.165) is 17.8 Å². The van der Waals surface area contributed by atoms with Crippen LogP contribution in [0.25, 0.3) is 0 Å². The van der Waals surface area contributed by atoms with E-state index < -0.39 is 0 Å². The quantitative estimate of drug-likeness (QED) is 0.877. The van der Waals surface area contributed by atoms with E-state index in [9.17, 15) is 4.79 Å². The van der Waals surface area contributed by atoms with Gasteiger partial charge in [0.25, 0.3) is 0 Å². The second kappa shape index (κ2) is 5.98. The number of carbonyl (C=O) groups is 1. The van der Waals surface area contributed by atoms with E-state index in [-0.39, 0.29) is 11.9 Å². The summed E-state index contributed by atoms with van der Waals surface area (Å²) in [6, 6.07) is 7.79.